The molecule has 0 aliphatic heterocycles. The molecule has 0 radical (unpaired) electrons. The lowest BCUT2D eigenvalue weighted by Gasteiger charge is -2.23. The van der Waals surface area contributed by atoms with E-state index < -0.39 is 0 Å². The fraction of sp³-hybridized carbons (Fsp3) is 0.538. The van der Waals surface area contributed by atoms with Crippen molar-refractivity contribution in [2.75, 3.05) is 20.1 Å². The average Bonchev–Trinajstić information content (AvgIpc) is 2.85. The summed E-state index contributed by atoms with van der Waals surface area (Å²) in [5.74, 6) is 0.808. The molecular weight excluding hydrogens is 244 g/mol. The van der Waals surface area contributed by atoms with Crippen molar-refractivity contribution in [2.24, 2.45) is 4.99 Å². The van der Waals surface area contributed by atoms with Crippen molar-refractivity contribution in [3.8, 4) is 0 Å². The second-order valence-corrected chi connectivity index (χ2v) is 5.11. The molecular formula is C13H22N4O2. The van der Waals surface area contributed by atoms with Crippen molar-refractivity contribution in [3.63, 3.8) is 0 Å². The van der Waals surface area contributed by atoms with E-state index >= 15 is 0 Å². The Morgan fingerprint density at radius 1 is 1.32 bits per heavy atom. The maximum atomic E-state index is 11.6. The Balaban J connectivity index is 2.25. The van der Waals surface area contributed by atoms with E-state index in [1.165, 1.54) is 6.26 Å². The van der Waals surface area contributed by atoms with Gasteiger partial charge < -0.3 is 20.4 Å². The molecule has 0 aromatic carbocycles. The molecule has 1 amide bonds. The molecule has 1 aromatic rings. The van der Waals surface area contributed by atoms with Crippen LogP contribution >= 0.6 is 0 Å². The van der Waals surface area contributed by atoms with E-state index in [4.69, 9.17) is 4.42 Å². The number of carbonyl (C=O) groups is 1. The Kier molecular flexibility index (Phi) is 5.41. The number of nitrogens with one attached hydrogen (secondary N) is 3. The van der Waals surface area contributed by atoms with E-state index in [1.807, 2.05) is 0 Å². The van der Waals surface area contributed by atoms with Gasteiger partial charge in [-0.15, -0.1) is 0 Å². The van der Waals surface area contributed by atoms with Crippen LogP contribution in [0.1, 0.15) is 31.3 Å². The predicted molar refractivity (Wildman–Crippen MR) is 75.3 cm³/mol. The van der Waals surface area contributed by atoms with Crippen LogP contribution in [0.4, 0.5) is 0 Å². The molecule has 19 heavy (non-hydrogen) atoms. The highest BCUT2D eigenvalue weighted by molar-refractivity contribution is 5.91. The van der Waals surface area contributed by atoms with E-state index in [0.29, 0.717) is 24.8 Å². The number of nitrogens with zero attached hydrogens (tertiary/aromatic N) is 1. The summed E-state index contributed by atoms with van der Waals surface area (Å²) in [6.45, 7) is 7.24. The van der Waals surface area contributed by atoms with Crippen molar-refractivity contribution in [2.45, 2.75) is 26.3 Å². The summed E-state index contributed by atoms with van der Waals surface area (Å²) in [4.78, 5) is 15.7. The monoisotopic (exact) mass is 266 g/mol. The molecule has 106 valence electrons. The predicted octanol–water partition coefficient (Wildman–Crippen LogP) is 0.973. The second-order valence-electron chi connectivity index (χ2n) is 5.11. The van der Waals surface area contributed by atoms with Crippen molar-refractivity contribution in [1.29, 1.82) is 0 Å². The van der Waals surface area contributed by atoms with Gasteiger partial charge in [0.1, 0.15) is 0 Å². The Morgan fingerprint density at radius 2 is 2.00 bits per heavy atom. The Bertz CT molecular complexity index is 418. The number of guanidine groups is 1. The van der Waals surface area contributed by atoms with Crippen molar-refractivity contribution in [3.05, 3.63) is 24.2 Å². The van der Waals surface area contributed by atoms with Crippen molar-refractivity contribution >= 4 is 11.9 Å². The number of amides is 1. The SMILES string of the molecule is CN=C(NCCNC(=O)c1ccco1)NC(C)(C)C. The lowest BCUT2D eigenvalue weighted by atomic mass is 10.1. The number of hydrogen-bond donors (Lipinski definition) is 3. The zero-order valence-corrected chi connectivity index (χ0v) is 11.9. The minimum atomic E-state index is -0.217. The van der Waals surface area contributed by atoms with Crippen LogP contribution < -0.4 is 16.0 Å². The van der Waals surface area contributed by atoms with Gasteiger partial charge in [0.15, 0.2) is 11.7 Å². The molecule has 1 heterocycles. The van der Waals surface area contributed by atoms with Gasteiger partial charge >= 0.3 is 0 Å². The zero-order chi connectivity index (χ0) is 14.3. The first-order valence-corrected chi connectivity index (χ1v) is 6.23. The van der Waals surface area contributed by atoms with E-state index in [-0.39, 0.29) is 11.4 Å². The number of aliphatic imine (C=N–C) groups is 1. The van der Waals surface area contributed by atoms with Gasteiger partial charge in [0.2, 0.25) is 0 Å². The first-order chi connectivity index (χ1) is 8.92. The summed E-state index contributed by atoms with van der Waals surface area (Å²) < 4.78 is 4.99. The quantitative estimate of drug-likeness (QED) is 0.431. The number of carbonyl (C=O) groups excluding carboxylic acids is 1. The molecule has 0 aliphatic carbocycles. The molecule has 0 saturated carbocycles. The van der Waals surface area contributed by atoms with Crippen LogP contribution in [0.5, 0.6) is 0 Å². The third-order valence-corrected chi connectivity index (χ3v) is 2.16. The van der Waals surface area contributed by atoms with Crippen LogP contribution in [0.2, 0.25) is 0 Å². The molecule has 3 N–H and O–H groups in total. The van der Waals surface area contributed by atoms with E-state index in [9.17, 15) is 4.79 Å². The fourth-order valence-corrected chi connectivity index (χ4v) is 1.39. The third-order valence-electron chi connectivity index (χ3n) is 2.16. The summed E-state index contributed by atoms with van der Waals surface area (Å²) >= 11 is 0. The Morgan fingerprint density at radius 3 is 2.53 bits per heavy atom. The molecule has 0 bridgehead atoms. The highest BCUT2D eigenvalue weighted by atomic mass is 16.3. The molecule has 0 unspecified atom stereocenters. The molecule has 6 nitrogen and oxygen atoms in total. The zero-order valence-electron chi connectivity index (χ0n) is 11.9. The summed E-state index contributed by atoms with van der Waals surface area (Å²) in [6.07, 6.45) is 1.47. The molecule has 0 aliphatic rings. The molecule has 0 saturated heterocycles. The fourth-order valence-electron chi connectivity index (χ4n) is 1.39. The smallest absolute Gasteiger partial charge is 0.287 e. The normalized spacial score (nSPS) is 12.1. The maximum Gasteiger partial charge on any atom is 0.287 e. The van der Waals surface area contributed by atoms with Crippen LogP contribution in [-0.2, 0) is 0 Å². The average molecular weight is 266 g/mol. The van der Waals surface area contributed by atoms with Crippen LogP contribution in [0.25, 0.3) is 0 Å². The molecule has 0 spiro atoms. The second kappa shape index (κ2) is 6.82. The molecule has 1 rings (SSSR count). The Hall–Kier alpha value is -1.98. The third kappa shape index (κ3) is 5.94. The standard InChI is InChI=1S/C13H22N4O2/c1-13(2,3)17-12(14-4)16-8-7-15-11(18)10-6-5-9-19-10/h5-6,9H,7-8H2,1-4H3,(H,15,18)(H2,14,16,17). The lowest BCUT2D eigenvalue weighted by molar-refractivity contribution is 0.0926. The van der Waals surface area contributed by atoms with E-state index in [0.717, 1.165) is 0 Å². The molecule has 6 heteroatoms. The van der Waals surface area contributed by atoms with Gasteiger partial charge in [-0.05, 0) is 32.9 Å². The maximum absolute atomic E-state index is 11.6. The van der Waals surface area contributed by atoms with Gasteiger partial charge in [0, 0.05) is 25.7 Å². The van der Waals surface area contributed by atoms with E-state index in [2.05, 4.69) is 41.7 Å². The first-order valence-electron chi connectivity index (χ1n) is 6.23. The van der Waals surface area contributed by atoms with Crippen LogP contribution in [0, 0.1) is 0 Å². The van der Waals surface area contributed by atoms with Crippen LogP contribution in [-0.4, -0.2) is 37.5 Å². The van der Waals surface area contributed by atoms with Gasteiger partial charge in [0.25, 0.3) is 5.91 Å². The molecule has 1 aromatic heterocycles. The van der Waals surface area contributed by atoms with Gasteiger partial charge in [-0.3, -0.25) is 9.79 Å². The summed E-state index contributed by atoms with van der Waals surface area (Å²) in [5.41, 5.74) is -0.0563. The van der Waals surface area contributed by atoms with Gasteiger partial charge in [-0.1, -0.05) is 0 Å². The lowest BCUT2D eigenvalue weighted by Crippen LogP contribution is -2.49. The van der Waals surface area contributed by atoms with Crippen molar-refractivity contribution < 1.29 is 9.21 Å². The van der Waals surface area contributed by atoms with Gasteiger partial charge in [0.05, 0.1) is 6.26 Å². The summed E-state index contributed by atoms with van der Waals surface area (Å²) in [6, 6.07) is 3.31. The minimum absolute atomic E-state index is 0.0563. The van der Waals surface area contributed by atoms with Crippen molar-refractivity contribution in [1.82, 2.24) is 16.0 Å². The number of hydrogen-bond acceptors (Lipinski definition) is 3. The Labute approximate surface area is 113 Å². The van der Waals surface area contributed by atoms with Crippen LogP contribution in [0.3, 0.4) is 0 Å². The highest BCUT2D eigenvalue weighted by Crippen LogP contribution is 1.98. The number of rotatable bonds is 4. The highest BCUT2D eigenvalue weighted by Gasteiger charge is 2.11. The molecule has 0 atom stereocenters. The van der Waals surface area contributed by atoms with Gasteiger partial charge in [-0.25, -0.2) is 0 Å². The first kappa shape index (κ1) is 15.1. The van der Waals surface area contributed by atoms with E-state index in [1.54, 1.807) is 19.2 Å². The number of furan rings is 1. The topological polar surface area (TPSA) is 78.7 Å². The summed E-state index contributed by atoms with van der Waals surface area (Å²) in [5, 5.41) is 9.10. The largest absolute Gasteiger partial charge is 0.459 e. The van der Waals surface area contributed by atoms with Crippen LogP contribution in [0.15, 0.2) is 27.8 Å². The molecule has 0 fully saturated rings. The minimum Gasteiger partial charge on any atom is -0.459 e. The van der Waals surface area contributed by atoms with Gasteiger partial charge in [-0.2, -0.15) is 0 Å². The summed E-state index contributed by atoms with van der Waals surface area (Å²) in [7, 11) is 1.71.